The molecule has 0 radical (unpaired) electrons. The number of aromatic nitrogens is 2. The molecule has 5 rings (SSSR count). The first-order valence-electron chi connectivity index (χ1n) is 10.2. The lowest BCUT2D eigenvalue weighted by Crippen LogP contribution is -2.47. The van der Waals surface area contributed by atoms with Crippen molar-refractivity contribution in [2.24, 2.45) is 0 Å². The van der Waals surface area contributed by atoms with Crippen LogP contribution in [0.15, 0.2) is 54.2 Å². The first-order valence-corrected chi connectivity index (χ1v) is 11.0. The zero-order valence-corrected chi connectivity index (χ0v) is 17.9. The van der Waals surface area contributed by atoms with E-state index in [4.69, 9.17) is 0 Å². The summed E-state index contributed by atoms with van der Waals surface area (Å²) in [6.07, 6.45) is 1.66. The number of piperazine rings is 1. The molecule has 2 aromatic carbocycles. The Morgan fingerprint density at radius 2 is 1.67 bits per heavy atom. The van der Waals surface area contributed by atoms with Crippen LogP contribution in [0, 0.1) is 19.7 Å². The van der Waals surface area contributed by atoms with E-state index in [1.165, 1.54) is 28.3 Å². The maximum Gasteiger partial charge on any atom is 0.146 e. The lowest BCUT2D eigenvalue weighted by atomic mass is 9.99. The van der Waals surface area contributed by atoms with Gasteiger partial charge in [-0.1, -0.05) is 35.9 Å². The fourth-order valence-electron chi connectivity index (χ4n) is 4.28. The van der Waals surface area contributed by atoms with Gasteiger partial charge < -0.3 is 9.80 Å². The second-order valence-corrected chi connectivity index (χ2v) is 8.63. The van der Waals surface area contributed by atoms with E-state index < -0.39 is 0 Å². The largest absolute Gasteiger partial charge is 0.366 e. The molecule has 0 saturated carbocycles. The van der Waals surface area contributed by atoms with Gasteiger partial charge in [-0.3, -0.25) is 0 Å². The fourth-order valence-corrected chi connectivity index (χ4v) is 5.18. The molecule has 0 spiro atoms. The molecule has 152 valence electrons. The van der Waals surface area contributed by atoms with Crippen molar-refractivity contribution in [2.45, 2.75) is 13.8 Å². The van der Waals surface area contributed by atoms with Gasteiger partial charge in [-0.15, -0.1) is 11.3 Å². The van der Waals surface area contributed by atoms with Gasteiger partial charge >= 0.3 is 0 Å². The van der Waals surface area contributed by atoms with E-state index in [0.29, 0.717) is 5.69 Å². The van der Waals surface area contributed by atoms with Crippen LogP contribution in [-0.2, 0) is 0 Å². The smallest absolute Gasteiger partial charge is 0.146 e. The van der Waals surface area contributed by atoms with Gasteiger partial charge in [-0.25, -0.2) is 14.4 Å². The minimum absolute atomic E-state index is 0.162. The Morgan fingerprint density at radius 3 is 2.43 bits per heavy atom. The van der Waals surface area contributed by atoms with Gasteiger partial charge in [0.2, 0.25) is 0 Å². The molecule has 0 N–H and O–H groups in total. The normalized spacial score (nSPS) is 14.5. The van der Waals surface area contributed by atoms with E-state index in [9.17, 15) is 4.39 Å². The first kappa shape index (κ1) is 19.0. The number of hydrogen-bond acceptors (Lipinski definition) is 5. The number of halogens is 1. The van der Waals surface area contributed by atoms with Crippen LogP contribution in [-0.4, -0.2) is 36.1 Å². The predicted octanol–water partition coefficient (Wildman–Crippen LogP) is 5.44. The van der Waals surface area contributed by atoms with Crippen LogP contribution in [0.1, 0.15) is 11.1 Å². The Labute approximate surface area is 179 Å². The van der Waals surface area contributed by atoms with E-state index in [0.717, 1.165) is 42.2 Å². The summed E-state index contributed by atoms with van der Waals surface area (Å²) >= 11 is 1.66. The number of para-hydroxylation sites is 1. The van der Waals surface area contributed by atoms with Gasteiger partial charge in [0.15, 0.2) is 0 Å². The standard InChI is InChI=1S/C24H23FN4S/c1-16-7-8-18(17(2)13-16)19-14-30-24-22(19)23(26-15-27-24)29-11-9-28(10-12-29)21-6-4-3-5-20(21)25/h3-8,13-15H,9-12H2,1-2H3. The van der Waals surface area contributed by atoms with Gasteiger partial charge in [0.05, 0.1) is 11.1 Å². The summed E-state index contributed by atoms with van der Waals surface area (Å²) in [5, 5.41) is 3.31. The van der Waals surface area contributed by atoms with Crippen molar-refractivity contribution in [2.75, 3.05) is 36.0 Å². The molecule has 4 aromatic rings. The number of aryl methyl sites for hydroxylation is 2. The molecule has 6 heteroatoms. The molecule has 0 aliphatic carbocycles. The van der Waals surface area contributed by atoms with Gasteiger partial charge in [0.1, 0.15) is 22.8 Å². The Kier molecular flexibility index (Phi) is 4.87. The van der Waals surface area contributed by atoms with Gasteiger partial charge in [-0.05, 0) is 37.1 Å². The molecule has 0 unspecified atom stereocenters. The highest BCUT2D eigenvalue weighted by molar-refractivity contribution is 7.17. The SMILES string of the molecule is Cc1ccc(-c2csc3ncnc(N4CCN(c5ccccc5F)CC4)c23)c(C)c1. The molecular formula is C24H23FN4S. The highest BCUT2D eigenvalue weighted by Gasteiger charge is 2.24. The minimum atomic E-state index is -0.162. The summed E-state index contributed by atoms with van der Waals surface area (Å²) in [6.45, 7) is 7.38. The molecule has 1 saturated heterocycles. The van der Waals surface area contributed by atoms with E-state index in [1.54, 1.807) is 23.7 Å². The van der Waals surface area contributed by atoms with Gasteiger partial charge in [0, 0.05) is 37.1 Å². The number of rotatable bonds is 3. The van der Waals surface area contributed by atoms with Crippen molar-refractivity contribution in [1.29, 1.82) is 0 Å². The second-order valence-electron chi connectivity index (χ2n) is 7.77. The Hall–Kier alpha value is -2.99. The van der Waals surface area contributed by atoms with Gasteiger partial charge in [-0.2, -0.15) is 0 Å². The molecule has 2 aromatic heterocycles. The number of hydrogen-bond donors (Lipinski definition) is 0. The van der Waals surface area contributed by atoms with E-state index in [1.807, 2.05) is 12.1 Å². The van der Waals surface area contributed by atoms with Crippen LogP contribution in [0.4, 0.5) is 15.9 Å². The maximum atomic E-state index is 14.2. The first-order chi connectivity index (χ1) is 14.6. The van der Waals surface area contributed by atoms with E-state index in [2.05, 4.69) is 57.2 Å². The Bertz CT molecular complexity index is 1210. The van der Waals surface area contributed by atoms with Crippen molar-refractivity contribution >= 4 is 33.1 Å². The summed E-state index contributed by atoms with van der Waals surface area (Å²) in [6, 6.07) is 13.6. The fraction of sp³-hybridized carbons (Fsp3) is 0.250. The van der Waals surface area contributed by atoms with Crippen LogP contribution < -0.4 is 9.80 Å². The van der Waals surface area contributed by atoms with E-state index >= 15 is 0 Å². The zero-order valence-electron chi connectivity index (χ0n) is 17.1. The monoisotopic (exact) mass is 418 g/mol. The molecule has 0 bridgehead atoms. The van der Waals surface area contributed by atoms with E-state index in [-0.39, 0.29) is 5.82 Å². The molecule has 0 atom stereocenters. The quantitative estimate of drug-likeness (QED) is 0.443. The van der Waals surface area contributed by atoms with Crippen LogP contribution in [0.3, 0.4) is 0 Å². The molecule has 30 heavy (non-hydrogen) atoms. The summed E-state index contributed by atoms with van der Waals surface area (Å²) < 4.78 is 14.2. The summed E-state index contributed by atoms with van der Waals surface area (Å²) in [7, 11) is 0. The number of nitrogens with zero attached hydrogens (tertiary/aromatic N) is 4. The third kappa shape index (κ3) is 3.31. The van der Waals surface area contributed by atoms with Crippen molar-refractivity contribution in [1.82, 2.24) is 9.97 Å². The summed E-state index contributed by atoms with van der Waals surface area (Å²) in [5.41, 5.74) is 5.62. The molecule has 1 fully saturated rings. The Morgan fingerprint density at radius 1 is 0.900 bits per heavy atom. The molecular weight excluding hydrogens is 395 g/mol. The third-order valence-electron chi connectivity index (χ3n) is 5.79. The summed E-state index contributed by atoms with van der Waals surface area (Å²) in [4.78, 5) is 14.6. The minimum Gasteiger partial charge on any atom is -0.366 e. The van der Waals surface area contributed by atoms with Crippen LogP contribution in [0.25, 0.3) is 21.3 Å². The third-order valence-corrected chi connectivity index (χ3v) is 6.68. The molecule has 1 aliphatic heterocycles. The van der Waals surface area contributed by atoms with Crippen molar-refractivity contribution in [3.05, 3.63) is 71.1 Å². The van der Waals surface area contributed by atoms with Gasteiger partial charge in [0.25, 0.3) is 0 Å². The predicted molar refractivity (Wildman–Crippen MR) is 123 cm³/mol. The number of anilines is 2. The molecule has 4 nitrogen and oxygen atoms in total. The van der Waals surface area contributed by atoms with Crippen molar-refractivity contribution < 1.29 is 4.39 Å². The molecule has 3 heterocycles. The van der Waals surface area contributed by atoms with Crippen LogP contribution >= 0.6 is 11.3 Å². The Balaban J connectivity index is 1.48. The topological polar surface area (TPSA) is 32.3 Å². The second kappa shape index (κ2) is 7.69. The molecule has 0 amide bonds. The summed E-state index contributed by atoms with van der Waals surface area (Å²) in [5.74, 6) is 0.815. The lowest BCUT2D eigenvalue weighted by molar-refractivity contribution is 0.596. The van der Waals surface area contributed by atoms with Crippen LogP contribution in [0.5, 0.6) is 0 Å². The highest BCUT2D eigenvalue weighted by atomic mass is 32.1. The van der Waals surface area contributed by atoms with Crippen molar-refractivity contribution in [3.63, 3.8) is 0 Å². The number of thiophene rings is 1. The van der Waals surface area contributed by atoms with Crippen LogP contribution in [0.2, 0.25) is 0 Å². The van der Waals surface area contributed by atoms with Crippen molar-refractivity contribution in [3.8, 4) is 11.1 Å². The average Bonchev–Trinajstić information content (AvgIpc) is 3.18. The maximum absolute atomic E-state index is 14.2. The number of fused-ring (bicyclic) bond motifs is 1. The molecule has 1 aliphatic rings. The highest BCUT2D eigenvalue weighted by Crippen LogP contribution is 2.39. The zero-order chi connectivity index (χ0) is 20.7. The lowest BCUT2D eigenvalue weighted by Gasteiger charge is -2.37. The number of benzene rings is 2. The average molecular weight is 419 g/mol.